The molecule has 0 unspecified atom stereocenters. The maximum absolute atomic E-state index is 12.6. The number of nitrogens with zero attached hydrogens (tertiary/aromatic N) is 3. The summed E-state index contributed by atoms with van der Waals surface area (Å²) in [7, 11) is 0. The molecule has 3 aromatic rings. The van der Waals surface area contributed by atoms with Crippen molar-refractivity contribution in [1.29, 1.82) is 5.41 Å². The summed E-state index contributed by atoms with van der Waals surface area (Å²) in [6.45, 7) is 5.63. The molecule has 2 amide bonds. The maximum atomic E-state index is 12.6. The van der Waals surface area contributed by atoms with Crippen LogP contribution in [0.15, 0.2) is 24.3 Å². The van der Waals surface area contributed by atoms with Crippen molar-refractivity contribution in [1.82, 2.24) is 30.5 Å². The number of hydrogen-bond acceptors (Lipinski definition) is 7. The predicted molar refractivity (Wildman–Crippen MR) is 149 cm³/mol. The van der Waals surface area contributed by atoms with E-state index < -0.39 is 6.04 Å². The van der Waals surface area contributed by atoms with Crippen LogP contribution < -0.4 is 27.4 Å². The van der Waals surface area contributed by atoms with Crippen molar-refractivity contribution in [3.05, 3.63) is 30.1 Å². The van der Waals surface area contributed by atoms with Crippen molar-refractivity contribution >= 4 is 45.5 Å². The van der Waals surface area contributed by atoms with Crippen molar-refractivity contribution in [2.45, 2.75) is 58.5 Å². The number of rotatable bonds is 15. The third kappa shape index (κ3) is 7.78. The van der Waals surface area contributed by atoms with E-state index in [1.54, 1.807) is 0 Å². The van der Waals surface area contributed by atoms with Gasteiger partial charge < -0.3 is 36.7 Å². The first-order valence-electron chi connectivity index (χ1n) is 13.1. The molecule has 1 atom stereocenters. The minimum atomic E-state index is -0.660. The molecule has 0 saturated heterocycles. The number of amides is 2. The largest absolute Gasteiger partial charge is 0.382 e. The third-order valence-corrected chi connectivity index (χ3v) is 6.13. The molecule has 38 heavy (non-hydrogen) atoms. The van der Waals surface area contributed by atoms with E-state index in [2.05, 4.69) is 32.4 Å². The van der Waals surface area contributed by atoms with Gasteiger partial charge in [-0.05, 0) is 25.3 Å². The van der Waals surface area contributed by atoms with Crippen molar-refractivity contribution < 1.29 is 14.3 Å². The van der Waals surface area contributed by atoms with E-state index in [4.69, 9.17) is 26.6 Å². The highest BCUT2D eigenvalue weighted by molar-refractivity contribution is 6.06. The summed E-state index contributed by atoms with van der Waals surface area (Å²) in [6, 6.07) is 7.24. The highest BCUT2D eigenvalue weighted by atomic mass is 16.5. The lowest BCUT2D eigenvalue weighted by atomic mass is 10.1. The van der Waals surface area contributed by atoms with Crippen LogP contribution in [-0.2, 0) is 27.3 Å². The van der Waals surface area contributed by atoms with E-state index in [0.717, 1.165) is 41.5 Å². The van der Waals surface area contributed by atoms with Gasteiger partial charge in [0.25, 0.3) is 0 Å². The van der Waals surface area contributed by atoms with Crippen LogP contribution in [0.25, 0.3) is 21.9 Å². The number of nitrogens with one attached hydrogen (secondary N) is 4. The van der Waals surface area contributed by atoms with Crippen LogP contribution in [0.1, 0.15) is 45.4 Å². The number of hydrogen-bond donors (Lipinski definition) is 6. The van der Waals surface area contributed by atoms with Gasteiger partial charge in [0.15, 0.2) is 11.8 Å². The predicted octanol–water partition coefficient (Wildman–Crippen LogP) is 1.41. The van der Waals surface area contributed by atoms with E-state index in [1.807, 2.05) is 24.3 Å². The summed E-state index contributed by atoms with van der Waals surface area (Å²) in [6.07, 6.45) is 3.90. The Morgan fingerprint density at radius 2 is 1.92 bits per heavy atom. The van der Waals surface area contributed by atoms with Crippen molar-refractivity contribution in [2.75, 3.05) is 32.0 Å². The molecular formula is C26H39N9O3. The first-order valence-corrected chi connectivity index (χ1v) is 13.1. The van der Waals surface area contributed by atoms with Crippen LogP contribution in [0.2, 0.25) is 0 Å². The van der Waals surface area contributed by atoms with Crippen LogP contribution >= 0.6 is 0 Å². The molecule has 0 spiro atoms. The Hall–Kier alpha value is -3.93. The number of nitrogen functional groups attached to an aromatic ring is 1. The molecule has 0 saturated carbocycles. The van der Waals surface area contributed by atoms with Gasteiger partial charge in [-0.15, -0.1) is 0 Å². The van der Waals surface area contributed by atoms with Gasteiger partial charge in [0.1, 0.15) is 17.4 Å². The summed E-state index contributed by atoms with van der Waals surface area (Å²) >= 11 is 0. The number of guanidine groups is 1. The Morgan fingerprint density at radius 1 is 1.13 bits per heavy atom. The van der Waals surface area contributed by atoms with E-state index in [9.17, 15) is 9.59 Å². The Labute approximate surface area is 222 Å². The van der Waals surface area contributed by atoms with Gasteiger partial charge in [-0.3, -0.25) is 15.0 Å². The first kappa shape index (κ1) is 28.6. The number of para-hydroxylation sites is 1. The summed E-state index contributed by atoms with van der Waals surface area (Å²) in [5, 5.41) is 16.4. The molecule has 0 fully saturated rings. The zero-order chi connectivity index (χ0) is 27.5. The normalized spacial score (nSPS) is 11.9. The third-order valence-electron chi connectivity index (χ3n) is 6.13. The molecular weight excluding hydrogens is 486 g/mol. The molecule has 0 radical (unpaired) electrons. The Balaban J connectivity index is 1.57. The number of fused-ring (bicyclic) bond motifs is 3. The second kappa shape index (κ2) is 14.1. The van der Waals surface area contributed by atoms with Gasteiger partial charge in [0, 0.05) is 38.4 Å². The molecule has 0 aliphatic rings. The molecule has 12 nitrogen and oxygen atoms in total. The fourth-order valence-electron chi connectivity index (χ4n) is 4.34. The molecule has 8 N–H and O–H groups in total. The van der Waals surface area contributed by atoms with Crippen molar-refractivity contribution in [2.24, 2.45) is 5.73 Å². The van der Waals surface area contributed by atoms with Crippen LogP contribution in [0.5, 0.6) is 0 Å². The molecule has 0 aliphatic carbocycles. The topological polar surface area (TPSA) is 186 Å². The van der Waals surface area contributed by atoms with Gasteiger partial charge >= 0.3 is 0 Å². The maximum Gasteiger partial charge on any atom is 0.242 e. The minimum Gasteiger partial charge on any atom is -0.382 e. The fraction of sp³-hybridized carbons (Fsp3) is 0.500. The minimum absolute atomic E-state index is 0.128. The SMILES string of the molecule is CCCCc1nc2c(N)nc3ccccc3c2n1CCOCCNC(=O)[C@H](CCCNC(=N)N)NC(C)=O. The number of carbonyl (C=O) groups excluding carboxylic acids is 2. The molecule has 2 aromatic heterocycles. The number of anilines is 1. The van der Waals surface area contributed by atoms with Gasteiger partial charge in [0.2, 0.25) is 11.8 Å². The van der Waals surface area contributed by atoms with Crippen molar-refractivity contribution in [3.8, 4) is 0 Å². The Bertz CT molecular complexity index is 1260. The molecule has 2 heterocycles. The number of imidazole rings is 1. The number of benzene rings is 1. The lowest BCUT2D eigenvalue weighted by Gasteiger charge is -2.18. The number of pyridine rings is 1. The van der Waals surface area contributed by atoms with E-state index >= 15 is 0 Å². The average molecular weight is 526 g/mol. The zero-order valence-corrected chi connectivity index (χ0v) is 22.2. The number of carbonyl (C=O) groups is 2. The highest BCUT2D eigenvalue weighted by Gasteiger charge is 2.19. The lowest BCUT2D eigenvalue weighted by Crippen LogP contribution is -2.47. The molecule has 1 aromatic carbocycles. The van der Waals surface area contributed by atoms with Gasteiger partial charge in [0.05, 0.1) is 24.2 Å². The number of ether oxygens (including phenoxy) is 1. The lowest BCUT2D eigenvalue weighted by molar-refractivity contribution is -0.128. The highest BCUT2D eigenvalue weighted by Crippen LogP contribution is 2.29. The number of unbranched alkanes of at least 4 members (excludes halogenated alkanes) is 1. The Morgan fingerprint density at radius 3 is 2.66 bits per heavy atom. The monoisotopic (exact) mass is 525 g/mol. The summed E-state index contributed by atoms with van der Waals surface area (Å²) in [5.41, 5.74) is 14.0. The van der Waals surface area contributed by atoms with Gasteiger partial charge in [-0.2, -0.15) is 0 Å². The van der Waals surface area contributed by atoms with Crippen LogP contribution in [0.4, 0.5) is 5.82 Å². The number of aryl methyl sites for hydroxylation is 1. The number of nitrogens with two attached hydrogens (primary N) is 2. The summed E-state index contributed by atoms with van der Waals surface area (Å²) < 4.78 is 8.02. The van der Waals surface area contributed by atoms with Gasteiger partial charge in [-0.25, -0.2) is 9.97 Å². The molecule has 206 valence electrons. The fourth-order valence-corrected chi connectivity index (χ4v) is 4.34. The van der Waals surface area contributed by atoms with Crippen LogP contribution in [-0.4, -0.2) is 64.7 Å². The van der Waals surface area contributed by atoms with E-state index in [-0.39, 0.29) is 17.8 Å². The standard InChI is InChI=1S/C26H39N9O3/c1-3-4-11-21-34-22-23(18-8-5-6-9-19(18)33-24(22)27)35(21)14-16-38-15-13-30-25(37)20(32-17(2)36)10-7-12-31-26(28)29/h5-6,8-9,20H,3-4,7,10-16H2,1-2H3,(H2,27,33)(H,30,37)(H,32,36)(H4,28,29,31)/t20-/m0/s1. The Kier molecular flexibility index (Phi) is 10.6. The smallest absolute Gasteiger partial charge is 0.242 e. The molecule has 0 aliphatic heterocycles. The second-order valence-electron chi connectivity index (χ2n) is 9.13. The van der Waals surface area contributed by atoms with Crippen LogP contribution in [0, 0.1) is 5.41 Å². The molecule has 0 bridgehead atoms. The molecule has 3 rings (SSSR count). The first-order chi connectivity index (χ1) is 18.3. The zero-order valence-electron chi connectivity index (χ0n) is 22.2. The van der Waals surface area contributed by atoms with Gasteiger partial charge in [-0.1, -0.05) is 31.5 Å². The molecule has 12 heteroatoms. The summed E-state index contributed by atoms with van der Waals surface area (Å²) in [5.74, 6) is 0.696. The summed E-state index contributed by atoms with van der Waals surface area (Å²) in [4.78, 5) is 33.4. The van der Waals surface area contributed by atoms with E-state index in [1.165, 1.54) is 6.92 Å². The quantitative estimate of drug-likeness (QED) is 0.0976. The average Bonchev–Trinajstić information content (AvgIpc) is 3.25. The van der Waals surface area contributed by atoms with Crippen molar-refractivity contribution in [3.63, 3.8) is 0 Å². The second-order valence-corrected chi connectivity index (χ2v) is 9.13. The van der Waals surface area contributed by atoms with E-state index in [0.29, 0.717) is 57.0 Å². The van der Waals surface area contributed by atoms with Crippen LogP contribution in [0.3, 0.4) is 0 Å². The number of aromatic nitrogens is 3.